The zero-order valence-electron chi connectivity index (χ0n) is 15.6. The summed E-state index contributed by atoms with van der Waals surface area (Å²) in [4.78, 5) is 11.5. The largest absolute Gasteiger partial charge is 0.494 e. The van der Waals surface area contributed by atoms with Crippen LogP contribution in [0.3, 0.4) is 0 Å². The van der Waals surface area contributed by atoms with E-state index < -0.39 is 0 Å². The molecule has 2 aromatic rings. The Kier molecular flexibility index (Phi) is 6.28. The minimum absolute atomic E-state index is 0.435. The molecule has 1 aromatic carbocycles. The Morgan fingerprint density at radius 3 is 3.04 bits per heavy atom. The highest BCUT2D eigenvalue weighted by molar-refractivity contribution is 5.66. The Morgan fingerprint density at radius 1 is 1.42 bits per heavy atom. The Labute approximate surface area is 155 Å². The molecule has 1 saturated heterocycles. The molecule has 1 aromatic heterocycles. The van der Waals surface area contributed by atoms with Crippen molar-refractivity contribution in [2.24, 2.45) is 0 Å². The smallest absolute Gasteiger partial charge is 0.224 e. The minimum Gasteiger partial charge on any atom is -0.494 e. The maximum absolute atomic E-state index is 11.5. The van der Waals surface area contributed by atoms with Crippen LogP contribution >= 0.6 is 0 Å². The van der Waals surface area contributed by atoms with E-state index in [1.807, 2.05) is 36.3 Å². The number of nitrogens with one attached hydrogen (secondary N) is 1. The first kappa shape index (κ1) is 18.5. The van der Waals surface area contributed by atoms with E-state index >= 15 is 0 Å². The van der Waals surface area contributed by atoms with Crippen molar-refractivity contribution < 1.29 is 9.53 Å². The second-order valence-electron chi connectivity index (χ2n) is 6.91. The molecule has 6 nitrogen and oxygen atoms in total. The predicted molar refractivity (Wildman–Crippen MR) is 102 cm³/mol. The number of aromatic nitrogens is 2. The summed E-state index contributed by atoms with van der Waals surface area (Å²) in [5, 5.41) is 11.0. The van der Waals surface area contributed by atoms with Gasteiger partial charge in [-0.1, -0.05) is 18.6 Å². The van der Waals surface area contributed by atoms with Crippen molar-refractivity contribution in [1.82, 2.24) is 20.2 Å². The van der Waals surface area contributed by atoms with Gasteiger partial charge in [0, 0.05) is 36.8 Å². The summed E-state index contributed by atoms with van der Waals surface area (Å²) in [6.07, 6.45) is 7.14. The molecule has 0 radical (unpaired) electrons. The number of aryl methyl sites for hydroxylation is 1. The van der Waals surface area contributed by atoms with Crippen LogP contribution in [0.4, 0.5) is 0 Å². The quantitative estimate of drug-likeness (QED) is 0.582. The molecule has 1 aliphatic heterocycles. The molecule has 1 aliphatic rings. The third kappa shape index (κ3) is 4.43. The Morgan fingerprint density at radius 2 is 2.31 bits per heavy atom. The first-order valence-corrected chi connectivity index (χ1v) is 9.40. The van der Waals surface area contributed by atoms with Gasteiger partial charge in [0.05, 0.1) is 12.8 Å². The molecule has 1 N–H and O–H groups in total. The van der Waals surface area contributed by atoms with Gasteiger partial charge in [-0.25, -0.2) is 5.01 Å². The lowest BCUT2D eigenvalue weighted by Crippen LogP contribution is -2.50. The number of H-pyrrole nitrogens is 1. The van der Waals surface area contributed by atoms with Crippen molar-refractivity contribution in [3.8, 4) is 16.9 Å². The van der Waals surface area contributed by atoms with E-state index in [1.165, 1.54) is 6.42 Å². The third-order valence-electron chi connectivity index (χ3n) is 4.99. The maximum Gasteiger partial charge on any atom is 0.224 e. The molecule has 2 heterocycles. The monoisotopic (exact) mass is 356 g/mol. The molecular weight excluding hydrogens is 328 g/mol. The number of carbonyl (C=O) groups excluding carboxylic acids is 1. The number of ether oxygens (including phenoxy) is 1. The molecule has 0 unspecified atom stereocenters. The summed E-state index contributed by atoms with van der Waals surface area (Å²) in [7, 11) is 0. The summed E-state index contributed by atoms with van der Waals surface area (Å²) in [5.74, 6) is 0.840. The lowest BCUT2D eigenvalue weighted by Gasteiger charge is -2.39. The van der Waals surface area contributed by atoms with Crippen molar-refractivity contribution >= 4 is 6.41 Å². The van der Waals surface area contributed by atoms with Crippen LogP contribution in [0.2, 0.25) is 0 Å². The number of rotatable bonds is 8. The van der Waals surface area contributed by atoms with E-state index in [2.05, 4.69) is 28.2 Å². The van der Waals surface area contributed by atoms with E-state index in [9.17, 15) is 4.79 Å². The molecule has 1 atom stereocenters. The first-order valence-electron chi connectivity index (χ1n) is 9.40. The number of carbonyl (C=O) groups is 1. The fraction of sp³-hybridized carbons (Fsp3) is 0.500. The molecule has 1 amide bonds. The van der Waals surface area contributed by atoms with E-state index in [0.717, 1.165) is 54.8 Å². The Bertz CT molecular complexity index is 715. The first-order chi connectivity index (χ1) is 12.7. The van der Waals surface area contributed by atoms with Crippen LogP contribution in [0, 0.1) is 6.92 Å². The number of nitrogens with zero attached hydrogens (tertiary/aromatic N) is 3. The molecular formula is C20H28N4O2. The van der Waals surface area contributed by atoms with Gasteiger partial charge < -0.3 is 4.74 Å². The van der Waals surface area contributed by atoms with Crippen LogP contribution in [-0.4, -0.2) is 52.4 Å². The van der Waals surface area contributed by atoms with Gasteiger partial charge in [0.1, 0.15) is 5.75 Å². The van der Waals surface area contributed by atoms with Gasteiger partial charge in [-0.2, -0.15) is 5.10 Å². The Balaban J connectivity index is 1.50. The number of piperidine rings is 1. The van der Waals surface area contributed by atoms with E-state index in [1.54, 1.807) is 0 Å². The van der Waals surface area contributed by atoms with Crippen LogP contribution in [0.5, 0.6) is 5.75 Å². The lowest BCUT2D eigenvalue weighted by atomic mass is 10.1. The van der Waals surface area contributed by atoms with E-state index in [-0.39, 0.29) is 0 Å². The van der Waals surface area contributed by atoms with Gasteiger partial charge in [0.15, 0.2) is 0 Å². The summed E-state index contributed by atoms with van der Waals surface area (Å²) in [6.45, 7) is 6.43. The normalized spacial score (nSPS) is 17.8. The van der Waals surface area contributed by atoms with E-state index in [0.29, 0.717) is 19.2 Å². The number of amides is 1. The number of hydrogen-bond acceptors (Lipinski definition) is 4. The summed E-state index contributed by atoms with van der Waals surface area (Å²) < 4.78 is 5.90. The van der Waals surface area contributed by atoms with Crippen LogP contribution in [-0.2, 0) is 4.79 Å². The van der Waals surface area contributed by atoms with Crippen molar-refractivity contribution in [1.29, 1.82) is 0 Å². The van der Waals surface area contributed by atoms with Gasteiger partial charge in [0.25, 0.3) is 0 Å². The summed E-state index contributed by atoms with van der Waals surface area (Å²) >= 11 is 0. The SMILES string of the molecule is Cc1[nH]ncc1-c1cccc(OCCCN(C=O)N2CCCC[C@H]2C)c1. The van der Waals surface area contributed by atoms with Crippen LogP contribution in [0.25, 0.3) is 11.1 Å². The van der Waals surface area contributed by atoms with Crippen LogP contribution in [0.15, 0.2) is 30.5 Å². The van der Waals surface area contributed by atoms with Crippen LogP contribution in [0.1, 0.15) is 38.3 Å². The zero-order chi connectivity index (χ0) is 18.4. The second kappa shape index (κ2) is 8.85. The molecule has 0 bridgehead atoms. The predicted octanol–water partition coefficient (Wildman–Crippen LogP) is 3.40. The third-order valence-corrected chi connectivity index (χ3v) is 4.99. The molecule has 0 spiro atoms. The molecule has 140 valence electrons. The molecule has 0 aliphatic carbocycles. The molecule has 0 saturated carbocycles. The van der Waals surface area contributed by atoms with Crippen molar-refractivity contribution in [2.45, 2.75) is 45.6 Å². The second-order valence-corrected chi connectivity index (χ2v) is 6.91. The van der Waals surface area contributed by atoms with Gasteiger partial charge in [-0.3, -0.25) is 14.9 Å². The minimum atomic E-state index is 0.435. The fourth-order valence-electron chi connectivity index (χ4n) is 3.52. The molecule has 3 rings (SSSR count). The number of hydrazine groups is 1. The molecule has 1 fully saturated rings. The highest BCUT2D eigenvalue weighted by Crippen LogP contribution is 2.25. The average molecular weight is 356 g/mol. The van der Waals surface area contributed by atoms with Crippen molar-refractivity contribution in [3.63, 3.8) is 0 Å². The van der Waals surface area contributed by atoms with Gasteiger partial charge in [-0.05, 0) is 44.4 Å². The van der Waals surface area contributed by atoms with Crippen molar-refractivity contribution in [3.05, 3.63) is 36.2 Å². The zero-order valence-corrected chi connectivity index (χ0v) is 15.6. The fourth-order valence-corrected chi connectivity index (χ4v) is 3.52. The van der Waals surface area contributed by atoms with Gasteiger partial charge in [-0.15, -0.1) is 0 Å². The molecule has 6 heteroatoms. The average Bonchev–Trinajstić information content (AvgIpc) is 3.09. The van der Waals surface area contributed by atoms with E-state index in [4.69, 9.17) is 4.74 Å². The summed E-state index contributed by atoms with van der Waals surface area (Å²) in [5.41, 5.74) is 3.21. The van der Waals surface area contributed by atoms with Crippen LogP contribution < -0.4 is 4.74 Å². The summed E-state index contributed by atoms with van der Waals surface area (Å²) in [6, 6.07) is 8.47. The number of hydrogen-bond donors (Lipinski definition) is 1. The van der Waals surface area contributed by atoms with Gasteiger partial charge in [0.2, 0.25) is 6.41 Å². The highest BCUT2D eigenvalue weighted by Gasteiger charge is 2.22. The lowest BCUT2D eigenvalue weighted by molar-refractivity contribution is -0.141. The Hall–Kier alpha value is -2.34. The maximum atomic E-state index is 11.5. The topological polar surface area (TPSA) is 61.5 Å². The number of aromatic amines is 1. The highest BCUT2D eigenvalue weighted by atomic mass is 16.5. The molecule has 26 heavy (non-hydrogen) atoms. The van der Waals surface area contributed by atoms with Gasteiger partial charge >= 0.3 is 0 Å². The van der Waals surface area contributed by atoms with Crippen molar-refractivity contribution in [2.75, 3.05) is 19.7 Å². The standard InChI is InChI=1S/C20H28N4O2/c1-16-7-3-4-11-24(16)23(15-25)10-6-12-26-19-9-5-8-18(13-19)20-14-21-22-17(20)2/h5,8-9,13-16H,3-4,6-7,10-12H2,1-2H3,(H,21,22)/t16-/m1/s1. The number of benzene rings is 1.